The smallest absolute Gasteiger partial charge is 0.307 e. The number of benzene rings is 2. The van der Waals surface area contributed by atoms with E-state index in [0.717, 1.165) is 49.2 Å². The highest BCUT2D eigenvalue weighted by Gasteiger charge is 2.51. The summed E-state index contributed by atoms with van der Waals surface area (Å²) in [5.41, 5.74) is 1.97. The van der Waals surface area contributed by atoms with E-state index in [1.807, 2.05) is 97.0 Å². The molecule has 0 aromatic heterocycles. The summed E-state index contributed by atoms with van der Waals surface area (Å²) in [6, 6.07) is 13.0. The molecule has 2 heterocycles. The Morgan fingerprint density at radius 2 is 1.58 bits per heavy atom. The number of rotatable bonds is 16. The Bertz CT molecular complexity index is 1570. The van der Waals surface area contributed by atoms with E-state index in [1.54, 1.807) is 0 Å². The minimum atomic E-state index is -1.51. The van der Waals surface area contributed by atoms with Crippen LogP contribution in [0.15, 0.2) is 48.5 Å². The van der Waals surface area contributed by atoms with Crippen LogP contribution in [0.25, 0.3) is 0 Å². The van der Waals surface area contributed by atoms with Gasteiger partial charge in [0.05, 0.1) is 18.3 Å². The molecule has 13 heteroatoms. The molecule has 0 bridgehead atoms. The fraction of sp³-hybridized carbons (Fsp3) is 0.575. The highest BCUT2D eigenvalue weighted by atomic mass is 32.2. The molecule has 2 aromatic rings. The van der Waals surface area contributed by atoms with Crippen LogP contribution in [0.3, 0.4) is 0 Å². The zero-order valence-corrected chi connectivity index (χ0v) is 33.1. The highest BCUT2D eigenvalue weighted by molar-refractivity contribution is 8.00. The molecule has 53 heavy (non-hydrogen) atoms. The van der Waals surface area contributed by atoms with Gasteiger partial charge >= 0.3 is 5.97 Å². The maximum atomic E-state index is 14.7. The van der Waals surface area contributed by atoms with Crippen molar-refractivity contribution >= 4 is 41.4 Å². The van der Waals surface area contributed by atoms with Gasteiger partial charge in [-0.15, -0.1) is 11.8 Å². The summed E-state index contributed by atoms with van der Waals surface area (Å²) < 4.78 is 11.3. The highest BCUT2D eigenvalue weighted by Crippen LogP contribution is 2.40. The molecule has 0 saturated carbocycles. The lowest BCUT2D eigenvalue weighted by Crippen LogP contribution is -2.61. The normalized spacial score (nSPS) is 18.2. The van der Waals surface area contributed by atoms with Crippen molar-refractivity contribution in [3.63, 3.8) is 0 Å². The van der Waals surface area contributed by atoms with Gasteiger partial charge in [-0.05, 0) is 97.5 Å². The second-order valence-corrected chi connectivity index (χ2v) is 17.1. The van der Waals surface area contributed by atoms with Crippen molar-refractivity contribution in [3.8, 4) is 5.75 Å². The lowest BCUT2D eigenvalue weighted by Gasteiger charge is -2.36. The third-order valence-corrected chi connectivity index (χ3v) is 10.7. The van der Waals surface area contributed by atoms with Crippen LogP contribution in [0.2, 0.25) is 0 Å². The van der Waals surface area contributed by atoms with Gasteiger partial charge in [0.2, 0.25) is 17.9 Å². The van der Waals surface area contributed by atoms with E-state index < -0.39 is 46.3 Å². The van der Waals surface area contributed by atoms with Crippen molar-refractivity contribution in [1.29, 1.82) is 0 Å². The molecule has 4 rings (SSSR count). The first-order valence-electron chi connectivity index (χ1n) is 18.5. The van der Waals surface area contributed by atoms with Gasteiger partial charge in [-0.3, -0.25) is 24.0 Å². The average molecular weight is 752 g/mol. The van der Waals surface area contributed by atoms with Crippen molar-refractivity contribution in [2.45, 2.75) is 109 Å². The Morgan fingerprint density at radius 3 is 2.23 bits per heavy atom. The molecular formula is C40H57N5O7S. The standard InChI is InChI=1S/C40H57N5O7S/c1-27-14-13-15-28(2)34(27)51-25-32(47)42-30(24-29-16-9-8-10-17-29)35(52-33(48)19-18-31(46)41-20-23-44-21-11-12-22-44)38(50)45-26-53-40(6,7)36(45)37(49)43-39(3,4)5/h8-10,13-17,30,35-36H,11-12,18-26H2,1-7H3,(H,41,46)(H,42,47)(H,43,49)/t30-,35-,36+/m0/s1. The third-order valence-electron chi connectivity index (χ3n) is 9.35. The van der Waals surface area contributed by atoms with E-state index in [-0.39, 0.29) is 43.6 Å². The lowest BCUT2D eigenvalue weighted by atomic mass is 9.96. The summed E-state index contributed by atoms with van der Waals surface area (Å²) in [6.45, 7) is 16.1. The molecule has 290 valence electrons. The molecule has 2 saturated heterocycles. The van der Waals surface area contributed by atoms with E-state index in [0.29, 0.717) is 12.3 Å². The van der Waals surface area contributed by atoms with E-state index in [2.05, 4.69) is 20.9 Å². The molecule has 3 N–H and O–H groups in total. The van der Waals surface area contributed by atoms with Crippen LogP contribution in [0.1, 0.15) is 77.0 Å². The number of hydrogen-bond acceptors (Lipinski definition) is 9. The zero-order valence-electron chi connectivity index (χ0n) is 32.3. The van der Waals surface area contributed by atoms with Crippen LogP contribution in [0.5, 0.6) is 5.75 Å². The minimum absolute atomic E-state index is 0.123. The lowest BCUT2D eigenvalue weighted by molar-refractivity contribution is -0.164. The largest absolute Gasteiger partial charge is 0.483 e. The number of amides is 4. The monoisotopic (exact) mass is 751 g/mol. The maximum absolute atomic E-state index is 14.7. The Morgan fingerprint density at radius 1 is 0.925 bits per heavy atom. The van der Waals surface area contributed by atoms with Gasteiger partial charge < -0.3 is 35.2 Å². The van der Waals surface area contributed by atoms with Crippen LogP contribution >= 0.6 is 11.8 Å². The van der Waals surface area contributed by atoms with E-state index in [9.17, 15) is 24.0 Å². The van der Waals surface area contributed by atoms with E-state index >= 15 is 0 Å². The molecule has 0 unspecified atom stereocenters. The molecular weight excluding hydrogens is 695 g/mol. The van der Waals surface area contributed by atoms with Gasteiger partial charge in [-0.2, -0.15) is 0 Å². The molecule has 3 atom stereocenters. The summed E-state index contributed by atoms with van der Waals surface area (Å²) in [7, 11) is 0. The fourth-order valence-electron chi connectivity index (χ4n) is 6.70. The number of nitrogens with zero attached hydrogens (tertiary/aromatic N) is 2. The number of nitrogens with one attached hydrogen (secondary N) is 3. The van der Waals surface area contributed by atoms with Gasteiger partial charge in [-0.25, -0.2) is 0 Å². The molecule has 12 nitrogen and oxygen atoms in total. The first-order valence-corrected chi connectivity index (χ1v) is 19.5. The first-order chi connectivity index (χ1) is 25.0. The van der Waals surface area contributed by atoms with E-state index in [1.165, 1.54) is 16.7 Å². The van der Waals surface area contributed by atoms with Gasteiger partial charge in [0.1, 0.15) is 11.8 Å². The van der Waals surface area contributed by atoms with Crippen molar-refractivity contribution < 1.29 is 33.4 Å². The number of hydrogen-bond donors (Lipinski definition) is 3. The SMILES string of the molecule is Cc1cccc(C)c1OCC(=O)N[C@@H](Cc1ccccc1)[C@H](OC(=O)CCC(=O)NCCN1CCCC1)C(=O)N1CSC(C)(C)[C@H]1C(=O)NC(C)(C)C. The van der Waals surface area contributed by atoms with Crippen molar-refractivity contribution in [2.24, 2.45) is 0 Å². The van der Waals surface area contributed by atoms with Crippen molar-refractivity contribution in [2.75, 3.05) is 38.7 Å². The van der Waals surface area contributed by atoms with E-state index in [4.69, 9.17) is 9.47 Å². The predicted octanol–water partition coefficient (Wildman–Crippen LogP) is 3.91. The first kappa shape index (κ1) is 41.7. The fourth-order valence-corrected chi connectivity index (χ4v) is 7.84. The second-order valence-electron chi connectivity index (χ2n) is 15.5. The zero-order chi connectivity index (χ0) is 38.8. The Kier molecular flexibility index (Phi) is 14.8. The quantitative estimate of drug-likeness (QED) is 0.218. The number of likely N-dealkylation sites (tertiary alicyclic amines) is 1. The summed E-state index contributed by atoms with van der Waals surface area (Å²) in [5.74, 6) is -1.76. The van der Waals surface area contributed by atoms with Crippen LogP contribution < -0.4 is 20.7 Å². The maximum Gasteiger partial charge on any atom is 0.307 e. The second kappa shape index (κ2) is 18.8. The number of esters is 1. The topological polar surface area (TPSA) is 146 Å². The van der Waals surface area contributed by atoms with Crippen LogP contribution in [0.4, 0.5) is 0 Å². The van der Waals surface area contributed by atoms with Crippen molar-refractivity contribution in [3.05, 3.63) is 65.2 Å². The van der Waals surface area contributed by atoms with Gasteiger partial charge in [0.25, 0.3) is 11.8 Å². The summed E-state index contributed by atoms with van der Waals surface area (Å²) in [5, 5.41) is 8.80. The Hall–Kier alpha value is -4.10. The predicted molar refractivity (Wildman–Crippen MR) is 206 cm³/mol. The molecule has 2 aromatic carbocycles. The van der Waals surface area contributed by atoms with Gasteiger partial charge in [0.15, 0.2) is 6.61 Å². The average Bonchev–Trinajstić information content (AvgIpc) is 3.72. The summed E-state index contributed by atoms with van der Waals surface area (Å²) >= 11 is 1.44. The van der Waals surface area contributed by atoms with Gasteiger partial charge in [0, 0.05) is 29.8 Å². The molecule has 4 amide bonds. The van der Waals surface area contributed by atoms with Crippen LogP contribution in [-0.2, 0) is 35.1 Å². The van der Waals surface area contributed by atoms with Crippen LogP contribution in [-0.4, -0.2) is 107 Å². The molecule has 0 aliphatic carbocycles. The number of para-hydroxylation sites is 1. The van der Waals surface area contributed by atoms with Gasteiger partial charge in [-0.1, -0.05) is 48.5 Å². The number of thioether (sulfide) groups is 1. The van der Waals surface area contributed by atoms with Crippen molar-refractivity contribution in [1.82, 2.24) is 25.8 Å². The minimum Gasteiger partial charge on any atom is -0.483 e. The molecule has 2 fully saturated rings. The molecule has 0 radical (unpaired) electrons. The number of carbonyl (C=O) groups is 5. The number of carbonyl (C=O) groups excluding carboxylic acids is 5. The molecule has 2 aliphatic rings. The Balaban J connectivity index is 1.58. The number of aryl methyl sites for hydroxylation is 2. The Labute approximate surface area is 318 Å². The molecule has 0 spiro atoms. The number of ether oxygens (including phenoxy) is 2. The summed E-state index contributed by atoms with van der Waals surface area (Å²) in [4.78, 5) is 72.0. The van der Waals surface area contributed by atoms with Crippen LogP contribution in [0, 0.1) is 13.8 Å². The summed E-state index contributed by atoms with van der Waals surface area (Å²) in [6.07, 6.45) is 0.544. The third kappa shape index (κ3) is 12.5. The molecule has 2 aliphatic heterocycles.